The Hall–Kier alpha value is -4.39. The van der Waals surface area contributed by atoms with Crippen LogP contribution in [0.2, 0.25) is 0 Å². The van der Waals surface area contributed by atoms with Gasteiger partial charge in [-0.15, -0.1) is 0 Å². The average molecular weight is 424 g/mol. The molecule has 7 nitrogen and oxygen atoms in total. The third-order valence-corrected chi connectivity index (χ3v) is 5.03. The van der Waals surface area contributed by atoms with Gasteiger partial charge in [0, 0.05) is 22.9 Å². The SMILES string of the molecule is O=C(N/N=C\c1cn(Cc2ccccc2)nc1-c1ccccc1)c1ccc2c(c1)OCO2. The van der Waals surface area contributed by atoms with Crippen LogP contribution in [-0.2, 0) is 6.54 Å². The van der Waals surface area contributed by atoms with Crippen molar-refractivity contribution in [1.29, 1.82) is 0 Å². The van der Waals surface area contributed by atoms with Crippen LogP contribution in [0.5, 0.6) is 11.5 Å². The summed E-state index contributed by atoms with van der Waals surface area (Å²) in [7, 11) is 0. The molecular weight excluding hydrogens is 404 g/mol. The van der Waals surface area contributed by atoms with Gasteiger partial charge in [-0.25, -0.2) is 5.43 Å². The Morgan fingerprint density at radius 3 is 2.56 bits per heavy atom. The molecule has 2 heterocycles. The summed E-state index contributed by atoms with van der Waals surface area (Å²) in [6.07, 6.45) is 3.53. The Labute approximate surface area is 184 Å². The van der Waals surface area contributed by atoms with Gasteiger partial charge in [0.25, 0.3) is 5.91 Å². The van der Waals surface area contributed by atoms with E-state index in [0.29, 0.717) is 23.6 Å². The highest BCUT2D eigenvalue weighted by Crippen LogP contribution is 2.32. The van der Waals surface area contributed by atoms with E-state index in [1.54, 1.807) is 24.4 Å². The van der Waals surface area contributed by atoms with E-state index in [-0.39, 0.29) is 12.7 Å². The molecule has 158 valence electrons. The number of benzene rings is 3. The Morgan fingerprint density at radius 1 is 1.00 bits per heavy atom. The first-order chi connectivity index (χ1) is 15.8. The predicted octanol–water partition coefficient (Wildman–Crippen LogP) is 4.09. The fourth-order valence-electron chi connectivity index (χ4n) is 3.47. The van der Waals surface area contributed by atoms with Crippen molar-refractivity contribution in [3.8, 4) is 22.8 Å². The molecule has 0 spiro atoms. The van der Waals surface area contributed by atoms with E-state index in [1.807, 2.05) is 59.4 Å². The minimum Gasteiger partial charge on any atom is -0.454 e. The third kappa shape index (κ3) is 4.22. The first-order valence-corrected chi connectivity index (χ1v) is 10.2. The van der Waals surface area contributed by atoms with Crippen LogP contribution in [0.1, 0.15) is 21.5 Å². The van der Waals surface area contributed by atoms with Gasteiger partial charge in [-0.3, -0.25) is 9.48 Å². The molecule has 1 aromatic heterocycles. The Kier molecular flexibility index (Phi) is 5.36. The van der Waals surface area contributed by atoms with Crippen LogP contribution in [-0.4, -0.2) is 28.7 Å². The van der Waals surface area contributed by atoms with Crippen molar-refractivity contribution in [2.75, 3.05) is 6.79 Å². The maximum Gasteiger partial charge on any atom is 0.271 e. The molecule has 1 aliphatic heterocycles. The molecule has 0 fully saturated rings. The number of aromatic nitrogens is 2. The van der Waals surface area contributed by atoms with Gasteiger partial charge in [-0.05, 0) is 23.8 Å². The molecule has 0 aliphatic carbocycles. The van der Waals surface area contributed by atoms with Crippen molar-refractivity contribution in [1.82, 2.24) is 15.2 Å². The third-order valence-electron chi connectivity index (χ3n) is 5.03. The molecule has 0 saturated heterocycles. The monoisotopic (exact) mass is 424 g/mol. The zero-order valence-corrected chi connectivity index (χ0v) is 17.1. The Bertz CT molecular complexity index is 1270. The van der Waals surface area contributed by atoms with E-state index >= 15 is 0 Å². The van der Waals surface area contributed by atoms with E-state index in [1.165, 1.54) is 0 Å². The second-order valence-electron chi connectivity index (χ2n) is 7.25. The topological polar surface area (TPSA) is 77.7 Å². The maximum absolute atomic E-state index is 12.5. The smallest absolute Gasteiger partial charge is 0.271 e. The van der Waals surface area contributed by atoms with Crippen molar-refractivity contribution in [2.24, 2.45) is 5.10 Å². The van der Waals surface area contributed by atoms with Crippen LogP contribution in [0.3, 0.4) is 0 Å². The summed E-state index contributed by atoms with van der Waals surface area (Å²) < 4.78 is 12.5. The van der Waals surface area contributed by atoms with Gasteiger partial charge < -0.3 is 9.47 Å². The van der Waals surface area contributed by atoms with Crippen LogP contribution < -0.4 is 14.9 Å². The summed E-state index contributed by atoms with van der Waals surface area (Å²) in [5.41, 5.74) is 6.73. The number of hydrogen-bond donors (Lipinski definition) is 1. The fourth-order valence-corrected chi connectivity index (χ4v) is 3.47. The van der Waals surface area contributed by atoms with Gasteiger partial charge in [-0.2, -0.15) is 10.2 Å². The van der Waals surface area contributed by atoms with Gasteiger partial charge in [0.05, 0.1) is 12.8 Å². The largest absolute Gasteiger partial charge is 0.454 e. The van der Waals surface area contributed by atoms with Crippen molar-refractivity contribution < 1.29 is 14.3 Å². The standard InChI is InChI=1S/C25H20N4O3/c30-25(20-11-12-22-23(13-20)32-17-31-22)27-26-14-21-16-29(15-18-7-3-1-4-8-18)28-24(21)19-9-5-2-6-10-19/h1-14,16H,15,17H2,(H,27,30)/b26-14-. The number of hydrazone groups is 1. The lowest BCUT2D eigenvalue weighted by atomic mass is 10.1. The number of nitrogens with zero attached hydrogens (tertiary/aromatic N) is 3. The zero-order valence-electron chi connectivity index (χ0n) is 17.1. The molecule has 0 saturated carbocycles. The molecule has 1 amide bonds. The van der Waals surface area contributed by atoms with E-state index in [2.05, 4.69) is 22.7 Å². The van der Waals surface area contributed by atoms with Crippen LogP contribution in [0.25, 0.3) is 11.3 Å². The first-order valence-electron chi connectivity index (χ1n) is 10.2. The minimum absolute atomic E-state index is 0.161. The molecule has 4 aromatic rings. The lowest BCUT2D eigenvalue weighted by molar-refractivity contribution is 0.0954. The van der Waals surface area contributed by atoms with E-state index in [4.69, 9.17) is 14.6 Å². The van der Waals surface area contributed by atoms with Gasteiger partial charge in [0.15, 0.2) is 11.5 Å². The quantitative estimate of drug-likeness (QED) is 0.374. The van der Waals surface area contributed by atoms with Crippen molar-refractivity contribution in [3.05, 3.63) is 102 Å². The van der Waals surface area contributed by atoms with E-state index < -0.39 is 0 Å². The van der Waals surface area contributed by atoms with E-state index in [0.717, 1.165) is 22.4 Å². The number of carbonyl (C=O) groups is 1. The number of amides is 1. The summed E-state index contributed by atoms with van der Waals surface area (Å²) in [5.74, 6) is 0.844. The summed E-state index contributed by atoms with van der Waals surface area (Å²) in [6.45, 7) is 0.797. The molecule has 3 aromatic carbocycles. The summed E-state index contributed by atoms with van der Waals surface area (Å²) in [4.78, 5) is 12.5. The minimum atomic E-state index is -0.336. The number of rotatable bonds is 6. The summed E-state index contributed by atoms with van der Waals surface area (Å²) in [5, 5.41) is 8.92. The van der Waals surface area contributed by atoms with Crippen LogP contribution >= 0.6 is 0 Å². The second-order valence-corrected chi connectivity index (χ2v) is 7.25. The Balaban J connectivity index is 1.36. The summed E-state index contributed by atoms with van der Waals surface area (Å²) >= 11 is 0. The molecule has 0 bridgehead atoms. The predicted molar refractivity (Wildman–Crippen MR) is 121 cm³/mol. The van der Waals surface area contributed by atoms with Crippen LogP contribution in [0.15, 0.2) is 90.2 Å². The van der Waals surface area contributed by atoms with E-state index in [9.17, 15) is 4.79 Å². The molecule has 0 atom stereocenters. The van der Waals surface area contributed by atoms with Crippen molar-refractivity contribution in [2.45, 2.75) is 6.54 Å². The number of fused-ring (bicyclic) bond motifs is 1. The number of carbonyl (C=O) groups excluding carboxylic acids is 1. The van der Waals surface area contributed by atoms with Gasteiger partial charge in [0.1, 0.15) is 5.69 Å². The molecule has 1 N–H and O–H groups in total. The zero-order chi connectivity index (χ0) is 21.8. The molecule has 5 rings (SSSR count). The molecule has 1 aliphatic rings. The van der Waals surface area contributed by atoms with Gasteiger partial charge in [-0.1, -0.05) is 60.7 Å². The normalized spacial score (nSPS) is 12.2. The van der Waals surface area contributed by atoms with Gasteiger partial charge in [0.2, 0.25) is 6.79 Å². The average Bonchev–Trinajstić information content (AvgIpc) is 3.46. The number of nitrogens with one attached hydrogen (secondary N) is 1. The van der Waals surface area contributed by atoms with Crippen LogP contribution in [0, 0.1) is 0 Å². The lowest BCUT2D eigenvalue weighted by Gasteiger charge is -2.02. The molecule has 7 heteroatoms. The highest BCUT2D eigenvalue weighted by Gasteiger charge is 2.16. The lowest BCUT2D eigenvalue weighted by Crippen LogP contribution is -2.17. The van der Waals surface area contributed by atoms with Crippen molar-refractivity contribution >= 4 is 12.1 Å². The second kappa shape index (κ2) is 8.77. The highest BCUT2D eigenvalue weighted by molar-refractivity contribution is 5.96. The summed E-state index contributed by atoms with van der Waals surface area (Å²) in [6, 6.07) is 25.0. The highest BCUT2D eigenvalue weighted by atomic mass is 16.7. The van der Waals surface area contributed by atoms with Gasteiger partial charge >= 0.3 is 0 Å². The molecule has 0 radical (unpaired) electrons. The first kappa shape index (κ1) is 19.6. The molecule has 32 heavy (non-hydrogen) atoms. The maximum atomic E-state index is 12.5. The fraction of sp³-hybridized carbons (Fsp3) is 0.0800. The molecular formula is C25H20N4O3. The van der Waals surface area contributed by atoms with Crippen molar-refractivity contribution in [3.63, 3.8) is 0 Å². The van der Waals surface area contributed by atoms with Crippen LogP contribution in [0.4, 0.5) is 0 Å². The number of ether oxygens (including phenoxy) is 2. The Morgan fingerprint density at radius 2 is 1.75 bits per heavy atom. The number of hydrogen-bond acceptors (Lipinski definition) is 5. The molecule has 0 unspecified atom stereocenters.